The zero-order valence-corrected chi connectivity index (χ0v) is 10.5. The van der Waals surface area contributed by atoms with Crippen molar-refractivity contribution in [1.29, 1.82) is 10.5 Å². The van der Waals surface area contributed by atoms with Crippen LogP contribution in [0.15, 0.2) is 0 Å². The predicted octanol–water partition coefficient (Wildman–Crippen LogP) is 1.42. The van der Waals surface area contributed by atoms with Crippen molar-refractivity contribution in [3.8, 4) is 12.3 Å². The smallest absolute Gasteiger partial charge is 0.179 e. The first kappa shape index (κ1) is 12.2. The van der Waals surface area contributed by atoms with Crippen molar-refractivity contribution in [2.75, 3.05) is 32.7 Å². The van der Waals surface area contributed by atoms with E-state index in [0.717, 1.165) is 45.6 Å². The molecule has 2 aliphatic heterocycles. The van der Waals surface area contributed by atoms with Crippen LogP contribution >= 0.6 is 0 Å². The second kappa shape index (κ2) is 4.94. The van der Waals surface area contributed by atoms with Crippen molar-refractivity contribution < 1.29 is 0 Å². The molecule has 0 bridgehead atoms. The van der Waals surface area contributed by atoms with Crippen molar-refractivity contribution in [2.24, 2.45) is 11.3 Å². The summed E-state index contributed by atoms with van der Waals surface area (Å²) in [5, 5.41) is 18.0. The largest absolute Gasteiger partial charge is 0.310 e. The van der Waals surface area contributed by atoms with Gasteiger partial charge in [0.15, 0.2) is 6.19 Å². The van der Waals surface area contributed by atoms with E-state index < -0.39 is 0 Å². The van der Waals surface area contributed by atoms with Crippen LogP contribution in [0.2, 0.25) is 0 Å². The average Bonchev–Trinajstić information content (AvgIpc) is 2.77. The molecule has 0 aromatic rings. The lowest BCUT2D eigenvalue weighted by atomic mass is 9.68. The third kappa shape index (κ3) is 2.23. The van der Waals surface area contributed by atoms with Crippen LogP contribution in [-0.4, -0.2) is 42.5 Å². The summed E-state index contributed by atoms with van der Waals surface area (Å²) >= 11 is 0. The average molecular weight is 232 g/mol. The SMILES string of the molecule is CCN1CCC2(CCN(C#N)C2)C(CC#N)C1. The molecule has 2 heterocycles. The predicted molar refractivity (Wildman–Crippen MR) is 64.7 cm³/mol. The van der Waals surface area contributed by atoms with Gasteiger partial charge in [-0.2, -0.15) is 10.5 Å². The molecule has 2 unspecified atom stereocenters. The highest BCUT2D eigenvalue weighted by Gasteiger charge is 2.46. The Hall–Kier alpha value is -1.26. The van der Waals surface area contributed by atoms with Gasteiger partial charge in [-0.25, -0.2) is 0 Å². The summed E-state index contributed by atoms with van der Waals surface area (Å²) < 4.78 is 0. The Labute approximate surface area is 103 Å². The fraction of sp³-hybridized carbons (Fsp3) is 0.846. The molecular weight excluding hydrogens is 212 g/mol. The number of nitriles is 2. The van der Waals surface area contributed by atoms with Gasteiger partial charge < -0.3 is 9.80 Å². The Morgan fingerprint density at radius 1 is 1.29 bits per heavy atom. The maximum Gasteiger partial charge on any atom is 0.179 e. The first-order valence-corrected chi connectivity index (χ1v) is 6.48. The normalized spacial score (nSPS) is 33.6. The van der Waals surface area contributed by atoms with Crippen LogP contribution < -0.4 is 0 Å². The molecule has 2 fully saturated rings. The summed E-state index contributed by atoms with van der Waals surface area (Å²) in [7, 11) is 0. The molecular formula is C13H20N4. The summed E-state index contributed by atoms with van der Waals surface area (Å²) in [6.07, 6.45) is 5.13. The summed E-state index contributed by atoms with van der Waals surface area (Å²) in [5.74, 6) is 0.444. The van der Waals surface area contributed by atoms with Gasteiger partial charge in [-0.15, -0.1) is 0 Å². The molecule has 0 radical (unpaired) electrons. The van der Waals surface area contributed by atoms with Crippen molar-refractivity contribution in [2.45, 2.75) is 26.2 Å². The van der Waals surface area contributed by atoms with Gasteiger partial charge in [-0.1, -0.05) is 6.92 Å². The van der Waals surface area contributed by atoms with E-state index >= 15 is 0 Å². The number of rotatable bonds is 2. The molecule has 4 nitrogen and oxygen atoms in total. The molecule has 0 aromatic heterocycles. The Bertz CT molecular complexity index is 353. The molecule has 2 atom stereocenters. The van der Waals surface area contributed by atoms with E-state index in [1.807, 2.05) is 4.90 Å². The highest BCUT2D eigenvalue weighted by Crippen LogP contribution is 2.45. The van der Waals surface area contributed by atoms with Crippen LogP contribution in [0.3, 0.4) is 0 Å². The Morgan fingerprint density at radius 3 is 2.65 bits per heavy atom. The lowest BCUT2D eigenvalue weighted by Crippen LogP contribution is -2.48. The van der Waals surface area contributed by atoms with Gasteiger partial charge in [0.1, 0.15) is 0 Å². The molecule has 4 heteroatoms. The third-order valence-electron chi connectivity index (χ3n) is 4.58. The fourth-order valence-electron chi connectivity index (χ4n) is 3.38. The minimum absolute atomic E-state index is 0.233. The number of nitrogens with zero attached hydrogens (tertiary/aromatic N) is 4. The van der Waals surface area contributed by atoms with E-state index in [1.165, 1.54) is 0 Å². The van der Waals surface area contributed by atoms with Gasteiger partial charge in [-0.05, 0) is 37.3 Å². The molecule has 1 spiro atoms. The fourth-order valence-corrected chi connectivity index (χ4v) is 3.38. The van der Waals surface area contributed by atoms with Crippen molar-refractivity contribution in [3.63, 3.8) is 0 Å². The Morgan fingerprint density at radius 2 is 2.06 bits per heavy atom. The van der Waals surface area contributed by atoms with Crippen molar-refractivity contribution in [3.05, 3.63) is 0 Å². The van der Waals surface area contributed by atoms with Crippen LogP contribution in [0.5, 0.6) is 0 Å². The quantitative estimate of drug-likeness (QED) is 0.676. The maximum atomic E-state index is 9.00. The molecule has 2 rings (SSSR count). The summed E-state index contributed by atoms with van der Waals surface area (Å²) in [4.78, 5) is 4.30. The number of hydrogen-bond acceptors (Lipinski definition) is 4. The molecule has 17 heavy (non-hydrogen) atoms. The number of hydrogen-bond donors (Lipinski definition) is 0. The minimum Gasteiger partial charge on any atom is -0.310 e. The van der Waals surface area contributed by atoms with E-state index in [-0.39, 0.29) is 5.41 Å². The molecule has 2 aliphatic rings. The summed E-state index contributed by atoms with van der Waals surface area (Å²) in [6, 6.07) is 2.34. The molecule has 0 N–H and O–H groups in total. The molecule has 0 amide bonds. The van der Waals surface area contributed by atoms with Crippen LogP contribution in [0.1, 0.15) is 26.2 Å². The molecule has 0 aromatic carbocycles. The second-order valence-corrected chi connectivity index (χ2v) is 5.34. The van der Waals surface area contributed by atoms with Gasteiger partial charge in [0, 0.05) is 26.1 Å². The van der Waals surface area contributed by atoms with E-state index in [0.29, 0.717) is 12.3 Å². The first-order chi connectivity index (χ1) is 8.24. The third-order valence-corrected chi connectivity index (χ3v) is 4.58. The van der Waals surface area contributed by atoms with E-state index in [2.05, 4.69) is 24.1 Å². The first-order valence-electron chi connectivity index (χ1n) is 6.48. The van der Waals surface area contributed by atoms with Crippen molar-refractivity contribution in [1.82, 2.24) is 9.80 Å². The molecule has 0 aliphatic carbocycles. The van der Waals surface area contributed by atoms with Gasteiger partial charge in [0.05, 0.1) is 6.07 Å². The summed E-state index contributed by atoms with van der Waals surface area (Å²) in [5.41, 5.74) is 0.233. The molecule has 0 saturated carbocycles. The zero-order valence-electron chi connectivity index (χ0n) is 10.5. The van der Waals surface area contributed by atoms with E-state index in [4.69, 9.17) is 10.5 Å². The van der Waals surface area contributed by atoms with Gasteiger partial charge in [0.2, 0.25) is 0 Å². The minimum atomic E-state index is 0.233. The van der Waals surface area contributed by atoms with Crippen LogP contribution in [0.4, 0.5) is 0 Å². The maximum absolute atomic E-state index is 9.00. The highest BCUT2D eigenvalue weighted by atomic mass is 15.2. The Kier molecular flexibility index (Phi) is 3.54. The standard InChI is InChI=1S/C13H20N4/c1-2-16-7-4-13(12(9-16)3-6-14)5-8-17(10-13)11-15/h12H,2-5,7-10H2,1H3. The monoisotopic (exact) mass is 232 g/mol. The van der Waals surface area contributed by atoms with Gasteiger partial charge >= 0.3 is 0 Å². The van der Waals surface area contributed by atoms with Crippen molar-refractivity contribution >= 4 is 0 Å². The zero-order chi connectivity index (χ0) is 12.3. The summed E-state index contributed by atoms with van der Waals surface area (Å²) in [6.45, 7) is 7.15. The lowest BCUT2D eigenvalue weighted by molar-refractivity contribution is 0.0472. The van der Waals surface area contributed by atoms with E-state index in [9.17, 15) is 0 Å². The lowest BCUT2D eigenvalue weighted by Gasteiger charge is -2.44. The van der Waals surface area contributed by atoms with Crippen LogP contribution in [0.25, 0.3) is 0 Å². The molecule has 2 saturated heterocycles. The topological polar surface area (TPSA) is 54.1 Å². The van der Waals surface area contributed by atoms with E-state index in [1.54, 1.807) is 0 Å². The number of piperidine rings is 1. The van der Waals surface area contributed by atoms with Crippen LogP contribution in [0, 0.1) is 34.1 Å². The number of likely N-dealkylation sites (tertiary alicyclic amines) is 2. The van der Waals surface area contributed by atoms with Gasteiger partial charge in [-0.3, -0.25) is 0 Å². The molecule has 92 valence electrons. The highest BCUT2D eigenvalue weighted by molar-refractivity contribution is 5.03. The van der Waals surface area contributed by atoms with Crippen LogP contribution in [-0.2, 0) is 0 Å². The Balaban J connectivity index is 2.11. The van der Waals surface area contributed by atoms with Gasteiger partial charge in [0.25, 0.3) is 0 Å². The second-order valence-electron chi connectivity index (χ2n) is 5.34.